The van der Waals surface area contributed by atoms with Gasteiger partial charge in [0.15, 0.2) is 0 Å². The van der Waals surface area contributed by atoms with Crippen molar-refractivity contribution in [1.29, 1.82) is 5.26 Å². The molecular weight excluding hydrogens is 343 g/mol. The molecule has 0 bridgehead atoms. The van der Waals surface area contributed by atoms with Gasteiger partial charge in [-0.3, -0.25) is 0 Å². The quantitative estimate of drug-likeness (QED) is 0.655. The summed E-state index contributed by atoms with van der Waals surface area (Å²) in [7, 11) is 1.58. The van der Waals surface area contributed by atoms with Crippen molar-refractivity contribution in [2.24, 2.45) is 0 Å². The van der Waals surface area contributed by atoms with Crippen molar-refractivity contribution in [2.75, 3.05) is 13.7 Å². The summed E-state index contributed by atoms with van der Waals surface area (Å²) in [4.78, 5) is 0. The molecule has 0 heterocycles. The molecule has 0 spiro atoms. The molecule has 0 unspecified atom stereocenters. The first kappa shape index (κ1) is 19.4. The van der Waals surface area contributed by atoms with E-state index in [0.29, 0.717) is 36.6 Å². The van der Waals surface area contributed by atoms with Gasteiger partial charge in [0.2, 0.25) is 0 Å². The van der Waals surface area contributed by atoms with Gasteiger partial charge >= 0.3 is 6.18 Å². The summed E-state index contributed by atoms with van der Waals surface area (Å²) in [6.45, 7) is 0.528. The number of phenolic OH excluding ortho intramolecular Hbond substituents is 1. The number of methoxy groups -OCH3 is 1. The second-order valence-electron chi connectivity index (χ2n) is 5.56. The van der Waals surface area contributed by atoms with Crippen molar-refractivity contribution in [3.63, 3.8) is 0 Å². The Kier molecular flexibility index (Phi) is 6.27. The molecule has 3 nitrogen and oxygen atoms in total. The van der Waals surface area contributed by atoms with Gasteiger partial charge in [0.25, 0.3) is 0 Å². The van der Waals surface area contributed by atoms with Crippen molar-refractivity contribution in [1.82, 2.24) is 0 Å². The SMILES string of the molecule is COCCCc1cc(C#N)ccc1C#Cc1ccc(O)cc1C(F)(F)F. The van der Waals surface area contributed by atoms with Crippen LogP contribution in [-0.4, -0.2) is 18.8 Å². The van der Waals surface area contributed by atoms with Gasteiger partial charge in [-0.2, -0.15) is 18.4 Å². The molecular formula is C20H16F3NO2. The topological polar surface area (TPSA) is 53.2 Å². The highest BCUT2D eigenvalue weighted by atomic mass is 19.4. The van der Waals surface area contributed by atoms with Crippen LogP contribution in [0.25, 0.3) is 0 Å². The third-order valence-corrected chi connectivity index (χ3v) is 3.67. The van der Waals surface area contributed by atoms with Gasteiger partial charge in [-0.1, -0.05) is 11.8 Å². The second kappa shape index (κ2) is 8.42. The molecule has 134 valence electrons. The van der Waals surface area contributed by atoms with E-state index in [4.69, 9.17) is 10.00 Å². The van der Waals surface area contributed by atoms with Crippen LogP contribution >= 0.6 is 0 Å². The van der Waals surface area contributed by atoms with Crippen molar-refractivity contribution < 1.29 is 23.0 Å². The minimum absolute atomic E-state index is 0.220. The fourth-order valence-corrected chi connectivity index (χ4v) is 2.41. The average Bonchev–Trinajstić information content (AvgIpc) is 2.60. The van der Waals surface area contributed by atoms with E-state index in [9.17, 15) is 18.3 Å². The van der Waals surface area contributed by atoms with Crippen LogP contribution in [-0.2, 0) is 17.3 Å². The Morgan fingerprint density at radius 2 is 1.77 bits per heavy atom. The zero-order valence-corrected chi connectivity index (χ0v) is 14.0. The summed E-state index contributed by atoms with van der Waals surface area (Å²) >= 11 is 0. The third kappa shape index (κ3) is 5.02. The maximum absolute atomic E-state index is 13.1. The molecule has 0 saturated carbocycles. The summed E-state index contributed by atoms with van der Waals surface area (Å²) in [5.41, 5.74) is 0.591. The van der Waals surface area contributed by atoms with E-state index in [1.807, 2.05) is 6.07 Å². The van der Waals surface area contributed by atoms with E-state index >= 15 is 0 Å². The third-order valence-electron chi connectivity index (χ3n) is 3.67. The van der Waals surface area contributed by atoms with Gasteiger partial charge in [0.1, 0.15) is 5.75 Å². The zero-order valence-electron chi connectivity index (χ0n) is 14.0. The molecule has 1 N–H and O–H groups in total. The normalized spacial score (nSPS) is 10.7. The molecule has 2 rings (SSSR count). The van der Waals surface area contributed by atoms with Crippen molar-refractivity contribution >= 4 is 0 Å². The van der Waals surface area contributed by atoms with Gasteiger partial charge in [-0.15, -0.1) is 0 Å². The summed E-state index contributed by atoms with van der Waals surface area (Å²) < 4.78 is 44.3. The fraction of sp³-hybridized carbons (Fsp3) is 0.250. The molecule has 0 fully saturated rings. The van der Waals surface area contributed by atoms with Crippen LogP contribution in [0.1, 0.15) is 34.2 Å². The first-order chi connectivity index (χ1) is 12.3. The molecule has 2 aromatic carbocycles. The number of aromatic hydroxyl groups is 1. The number of hydrogen-bond acceptors (Lipinski definition) is 3. The minimum Gasteiger partial charge on any atom is -0.508 e. The average molecular weight is 359 g/mol. The lowest BCUT2D eigenvalue weighted by atomic mass is 9.99. The van der Waals surface area contributed by atoms with E-state index in [-0.39, 0.29) is 5.56 Å². The Bertz CT molecular complexity index is 887. The fourth-order valence-electron chi connectivity index (χ4n) is 2.41. The maximum atomic E-state index is 13.1. The highest BCUT2D eigenvalue weighted by Gasteiger charge is 2.33. The standard InChI is InChI=1S/C20H16F3NO2/c1-26-10-2-3-17-11-14(13-24)4-5-15(17)6-7-16-8-9-18(25)12-19(16)20(21,22)23/h4-5,8-9,11-12,25H,2-3,10H2,1H3. The van der Waals surface area contributed by atoms with Crippen LogP contribution < -0.4 is 0 Å². The molecule has 26 heavy (non-hydrogen) atoms. The Labute approximate surface area is 149 Å². The highest BCUT2D eigenvalue weighted by molar-refractivity contribution is 5.53. The van der Waals surface area contributed by atoms with Crippen LogP contribution in [0.15, 0.2) is 36.4 Å². The summed E-state index contributed by atoms with van der Waals surface area (Å²) in [5, 5.41) is 18.3. The van der Waals surface area contributed by atoms with E-state index in [1.54, 1.807) is 25.3 Å². The molecule has 0 aliphatic heterocycles. The molecule has 0 atom stereocenters. The Balaban J connectivity index is 2.43. The molecule has 0 aliphatic carbocycles. The van der Waals surface area contributed by atoms with Gasteiger partial charge in [-0.05, 0) is 54.8 Å². The molecule has 6 heteroatoms. The number of alkyl halides is 3. The lowest BCUT2D eigenvalue weighted by molar-refractivity contribution is -0.137. The zero-order chi connectivity index (χ0) is 19.2. The molecule has 0 aliphatic rings. The summed E-state index contributed by atoms with van der Waals surface area (Å²) in [6.07, 6.45) is -3.32. The van der Waals surface area contributed by atoms with Crippen LogP contribution in [0, 0.1) is 23.2 Å². The lowest BCUT2D eigenvalue weighted by Gasteiger charge is -2.09. The number of halogens is 3. The summed E-state index contributed by atoms with van der Waals surface area (Å²) in [6, 6.07) is 9.88. The number of rotatable bonds is 4. The Morgan fingerprint density at radius 3 is 2.42 bits per heavy atom. The van der Waals surface area contributed by atoms with Gasteiger partial charge < -0.3 is 9.84 Å². The minimum atomic E-state index is -4.62. The Morgan fingerprint density at radius 1 is 1.08 bits per heavy atom. The van der Waals surface area contributed by atoms with Crippen molar-refractivity contribution in [3.8, 4) is 23.7 Å². The van der Waals surface area contributed by atoms with Gasteiger partial charge in [0, 0.05) is 24.8 Å². The van der Waals surface area contributed by atoms with Crippen molar-refractivity contribution in [2.45, 2.75) is 19.0 Å². The lowest BCUT2D eigenvalue weighted by Crippen LogP contribution is -2.07. The molecule has 0 aromatic heterocycles. The Hall–Kier alpha value is -2.96. The molecule has 0 amide bonds. The smallest absolute Gasteiger partial charge is 0.417 e. The number of benzene rings is 2. The number of ether oxygens (including phenoxy) is 1. The van der Waals surface area contributed by atoms with Gasteiger partial charge in [-0.25, -0.2) is 0 Å². The molecule has 2 aromatic rings. The highest BCUT2D eigenvalue weighted by Crippen LogP contribution is 2.33. The monoisotopic (exact) mass is 359 g/mol. The maximum Gasteiger partial charge on any atom is 0.417 e. The van der Waals surface area contributed by atoms with E-state index in [1.165, 1.54) is 0 Å². The predicted molar refractivity (Wildman–Crippen MR) is 90.4 cm³/mol. The largest absolute Gasteiger partial charge is 0.508 e. The first-order valence-corrected chi connectivity index (χ1v) is 7.79. The van der Waals surface area contributed by atoms with Gasteiger partial charge in [0.05, 0.1) is 17.2 Å². The van der Waals surface area contributed by atoms with Crippen LogP contribution in [0.4, 0.5) is 13.2 Å². The number of nitriles is 1. The number of aryl methyl sites for hydroxylation is 1. The van der Waals surface area contributed by atoms with E-state index in [2.05, 4.69) is 11.8 Å². The number of phenols is 1. The number of nitrogens with zero attached hydrogens (tertiary/aromatic N) is 1. The van der Waals surface area contributed by atoms with Crippen molar-refractivity contribution in [3.05, 3.63) is 64.2 Å². The molecule has 0 saturated heterocycles. The molecule has 0 radical (unpaired) electrons. The first-order valence-electron chi connectivity index (χ1n) is 7.79. The van der Waals surface area contributed by atoms with E-state index < -0.39 is 17.5 Å². The van der Waals surface area contributed by atoms with Crippen LogP contribution in [0.2, 0.25) is 0 Å². The summed E-state index contributed by atoms with van der Waals surface area (Å²) in [5.74, 6) is 4.82. The predicted octanol–water partition coefficient (Wildman–Crippen LogP) is 4.26. The number of hydrogen-bond donors (Lipinski definition) is 1. The second-order valence-corrected chi connectivity index (χ2v) is 5.56. The van der Waals surface area contributed by atoms with Crippen LogP contribution in [0.5, 0.6) is 5.75 Å². The van der Waals surface area contributed by atoms with E-state index in [0.717, 1.165) is 17.7 Å². The van der Waals surface area contributed by atoms with Crippen LogP contribution in [0.3, 0.4) is 0 Å².